The van der Waals surface area contributed by atoms with Crippen molar-refractivity contribution in [2.24, 2.45) is 15.4 Å². The molecule has 2 aliphatic rings. The van der Waals surface area contributed by atoms with Crippen molar-refractivity contribution in [3.8, 4) is 5.75 Å². The summed E-state index contributed by atoms with van der Waals surface area (Å²) < 4.78 is 26.9. The first-order valence-corrected chi connectivity index (χ1v) is 11.9. The van der Waals surface area contributed by atoms with Gasteiger partial charge in [0, 0.05) is 5.71 Å². The number of hydrogen-bond acceptors (Lipinski definition) is 8. The maximum absolute atomic E-state index is 13.4. The lowest BCUT2D eigenvalue weighted by Gasteiger charge is -2.34. The van der Waals surface area contributed by atoms with Gasteiger partial charge in [0.1, 0.15) is 10.5 Å². The molecule has 30 heavy (non-hydrogen) atoms. The first kappa shape index (κ1) is 19.3. The number of benzene rings is 1. The number of hydrogen-bond donors (Lipinski definition) is 4. The normalized spacial score (nSPS) is 22.6. The second-order valence-electron chi connectivity index (χ2n) is 7.57. The molecule has 8 nitrogen and oxygen atoms in total. The van der Waals surface area contributed by atoms with Gasteiger partial charge in [-0.15, -0.1) is 15.7 Å². The highest BCUT2D eigenvalue weighted by atomic mass is 32.3. The van der Waals surface area contributed by atoms with E-state index >= 15 is 0 Å². The highest BCUT2D eigenvalue weighted by Gasteiger charge is 2.30. The van der Waals surface area contributed by atoms with E-state index in [1.54, 1.807) is 35.7 Å². The molecule has 5 rings (SSSR count). The third kappa shape index (κ3) is 3.03. The number of pyridine rings is 1. The zero-order valence-electron chi connectivity index (χ0n) is 16.1. The molecule has 1 fully saturated rings. The number of anilines is 1. The summed E-state index contributed by atoms with van der Waals surface area (Å²) in [7, 11) is -3.52. The SMILES string of the molecule is C[C@H]1CC/C(=N/n2c(=O)c(C3=NS(O)(O)c4ccccc4N3)c(O)c3sccc32)C1. The molecule has 4 N–H and O–H groups in total. The fourth-order valence-corrected chi connectivity index (χ4v) is 5.87. The Morgan fingerprint density at radius 1 is 1.30 bits per heavy atom. The summed E-state index contributed by atoms with van der Waals surface area (Å²) in [5.41, 5.74) is 1.18. The van der Waals surface area contributed by atoms with Crippen LogP contribution >= 0.6 is 22.1 Å². The van der Waals surface area contributed by atoms with E-state index in [1.807, 2.05) is 0 Å². The molecule has 1 atom stereocenters. The molecule has 0 saturated heterocycles. The Morgan fingerprint density at radius 3 is 2.87 bits per heavy atom. The van der Waals surface area contributed by atoms with Crippen LogP contribution in [0.3, 0.4) is 0 Å². The number of rotatable bonds is 2. The number of nitrogens with zero attached hydrogens (tertiary/aromatic N) is 3. The van der Waals surface area contributed by atoms with Gasteiger partial charge in [0.05, 0.1) is 15.9 Å². The van der Waals surface area contributed by atoms with Gasteiger partial charge in [-0.25, -0.2) is 0 Å². The van der Waals surface area contributed by atoms with Gasteiger partial charge in [0.15, 0.2) is 11.6 Å². The maximum Gasteiger partial charge on any atom is 0.286 e. The van der Waals surface area contributed by atoms with E-state index < -0.39 is 16.3 Å². The lowest BCUT2D eigenvalue weighted by Crippen LogP contribution is -2.31. The predicted octanol–water partition coefficient (Wildman–Crippen LogP) is 4.69. The molecule has 1 saturated carbocycles. The van der Waals surface area contributed by atoms with Crippen LogP contribution in [0.1, 0.15) is 31.7 Å². The van der Waals surface area contributed by atoms with Gasteiger partial charge in [-0.05, 0) is 48.8 Å². The number of thiophene rings is 1. The molecule has 0 unspecified atom stereocenters. The standard InChI is InChI=1S/C20H20N4O4S2/c1-11-6-7-12(10-11)22-24-14-8-9-29-18(14)17(25)16(20(24)26)19-21-13-4-2-3-5-15(13)30(27,28)23-19/h2-5,8-9,11,25,27-28H,6-7,10H2,1H3,(H,21,23)/b22-12-/t11-/m0/s1. The lowest BCUT2D eigenvalue weighted by molar-refractivity contribution is 0.478. The number of amidine groups is 1. The van der Waals surface area contributed by atoms with E-state index in [1.165, 1.54) is 16.0 Å². The summed E-state index contributed by atoms with van der Waals surface area (Å²) in [5, 5.41) is 20.2. The van der Waals surface area contributed by atoms with Crippen molar-refractivity contribution in [1.29, 1.82) is 0 Å². The predicted molar refractivity (Wildman–Crippen MR) is 121 cm³/mol. The Balaban J connectivity index is 1.73. The zero-order valence-corrected chi connectivity index (χ0v) is 17.7. The number of aromatic nitrogens is 1. The molecule has 0 amide bonds. The molecule has 1 aromatic carbocycles. The number of nitrogens with one attached hydrogen (secondary N) is 1. The monoisotopic (exact) mass is 444 g/mol. The number of fused-ring (bicyclic) bond motifs is 2. The summed E-state index contributed by atoms with van der Waals surface area (Å²) in [6, 6.07) is 8.38. The summed E-state index contributed by atoms with van der Waals surface area (Å²) in [5.74, 6) is 0.185. The molecule has 0 radical (unpaired) electrons. The highest BCUT2D eigenvalue weighted by Crippen LogP contribution is 2.55. The Kier molecular flexibility index (Phi) is 4.47. The molecule has 3 aromatic rings. The van der Waals surface area contributed by atoms with Crippen LogP contribution in [-0.4, -0.2) is 30.4 Å². The summed E-state index contributed by atoms with van der Waals surface area (Å²) in [6.07, 6.45) is 2.67. The van der Waals surface area contributed by atoms with Crippen molar-refractivity contribution < 1.29 is 14.2 Å². The second-order valence-corrected chi connectivity index (χ2v) is 10.1. The van der Waals surface area contributed by atoms with Crippen LogP contribution in [0, 0.1) is 5.92 Å². The minimum Gasteiger partial charge on any atom is -0.505 e. The van der Waals surface area contributed by atoms with E-state index in [9.17, 15) is 19.0 Å². The molecule has 10 heteroatoms. The van der Waals surface area contributed by atoms with Crippen molar-refractivity contribution in [3.05, 3.63) is 51.6 Å². The Bertz CT molecular complexity index is 1290. The molecular formula is C20H20N4O4S2. The van der Waals surface area contributed by atoms with Gasteiger partial charge in [0.2, 0.25) is 0 Å². The smallest absolute Gasteiger partial charge is 0.286 e. The van der Waals surface area contributed by atoms with Gasteiger partial charge in [-0.2, -0.15) is 9.78 Å². The van der Waals surface area contributed by atoms with E-state index in [4.69, 9.17) is 0 Å². The second kappa shape index (κ2) is 6.95. The molecule has 1 aliphatic heterocycles. The van der Waals surface area contributed by atoms with Crippen LogP contribution in [0.4, 0.5) is 5.69 Å². The van der Waals surface area contributed by atoms with E-state index in [0.29, 0.717) is 21.8 Å². The molecule has 0 bridgehead atoms. The van der Waals surface area contributed by atoms with Crippen molar-refractivity contribution in [3.63, 3.8) is 0 Å². The Hall–Kier alpha value is -2.66. The Morgan fingerprint density at radius 2 is 2.10 bits per heavy atom. The van der Waals surface area contributed by atoms with E-state index in [2.05, 4.69) is 21.7 Å². The third-order valence-electron chi connectivity index (χ3n) is 5.37. The van der Waals surface area contributed by atoms with Gasteiger partial charge < -0.3 is 10.4 Å². The summed E-state index contributed by atoms with van der Waals surface area (Å²) in [4.78, 5) is 13.7. The lowest BCUT2D eigenvalue weighted by atomic mass is 10.1. The average molecular weight is 445 g/mol. The summed E-state index contributed by atoms with van der Waals surface area (Å²) >= 11 is 1.28. The molecular weight excluding hydrogens is 424 g/mol. The average Bonchev–Trinajstić information content (AvgIpc) is 3.34. The molecule has 2 aromatic heterocycles. The van der Waals surface area contributed by atoms with Crippen LogP contribution in [0.2, 0.25) is 0 Å². The first-order chi connectivity index (χ1) is 14.3. The fourth-order valence-electron chi connectivity index (χ4n) is 3.88. The van der Waals surface area contributed by atoms with Crippen LogP contribution in [0.15, 0.2) is 54.9 Å². The van der Waals surface area contributed by atoms with Gasteiger partial charge in [0.25, 0.3) is 5.56 Å². The minimum atomic E-state index is -3.52. The van der Waals surface area contributed by atoms with Crippen molar-refractivity contribution in [2.45, 2.75) is 31.1 Å². The first-order valence-electron chi connectivity index (χ1n) is 9.51. The molecule has 0 spiro atoms. The number of para-hydroxylation sites is 1. The highest BCUT2D eigenvalue weighted by molar-refractivity contribution is 8.23. The van der Waals surface area contributed by atoms with E-state index in [-0.39, 0.29) is 22.0 Å². The molecule has 156 valence electrons. The van der Waals surface area contributed by atoms with Gasteiger partial charge in [-0.1, -0.05) is 29.8 Å². The fraction of sp³-hybridized carbons (Fsp3) is 0.250. The van der Waals surface area contributed by atoms with Crippen LogP contribution in [0.25, 0.3) is 10.2 Å². The van der Waals surface area contributed by atoms with Gasteiger partial charge in [-0.3, -0.25) is 13.9 Å². The topological polar surface area (TPSA) is 119 Å². The van der Waals surface area contributed by atoms with Crippen molar-refractivity contribution >= 4 is 49.6 Å². The molecule has 1 aliphatic carbocycles. The van der Waals surface area contributed by atoms with Crippen molar-refractivity contribution in [1.82, 2.24) is 4.68 Å². The minimum absolute atomic E-state index is 0.0831. The van der Waals surface area contributed by atoms with Crippen LogP contribution in [0.5, 0.6) is 5.75 Å². The van der Waals surface area contributed by atoms with Crippen LogP contribution in [-0.2, 0) is 0 Å². The number of aromatic hydroxyl groups is 1. The summed E-state index contributed by atoms with van der Waals surface area (Å²) in [6.45, 7) is 2.15. The maximum atomic E-state index is 13.4. The Labute approximate surface area is 177 Å². The largest absolute Gasteiger partial charge is 0.505 e. The van der Waals surface area contributed by atoms with E-state index in [0.717, 1.165) is 25.0 Å². The van der Waals surface area contributed by atoms with Crippen LogP contribution < -0.4 is 10.9 Å². The zero-order chi connectivity index (χ0) is 21.0. The molecule has 3 heterocycles. The quantitative estimate of drug-likeness (QED) is 0.457. The van der Waals surface area contributed by atoms with Gasteiger partial charge >= 0.3 is 0 Å². The third-order valence-corrected chi connectivity index (χ3v) is 7.67. The van der Waals surface area contributed by atoms with Crippen molar-refractivity contribution in [2.75, 3.05) is 5.32 Å².